The molecule has 0 saturated heterocycles. The molecule has 0 aromatic carbocycles. The van der Waals surface area contributed by atoms with Crippen LogP contribution in [0.4, 0.5) is 0 Å². The Morgan fingerprint density at radius 3 is 2.52 bits per heavy atom. The van der Waals surface area contributed by atoms with Crippen LogP contribution in [-0.2, 0) is 6.54 Å². The summed E-state index contributed by atoms with van der Waals surface area (Å²) in [6.45, 7) is 3.89. The number of hydrogen-bond donors (Lipinski definition) is 0. The van der Waals surface area contributed by atoms with E-state index in [-0.39, 0.29) is 5.91 Å². The van der Waals surface area contributed by atoms with Crippen LogP contribution < -0.4 is 0 Å². The molecule has 0 aliphatic heterocycles. The van der Waals surface area contributed by atoms with Crippen LogP contribution in [0.25, 0.3) is 0 Å². The highest BCUT2D eigenvalue weighted by atomic mass is 79.9. The minimum absolute atomic E-state index is 0.0432. The van der Waals surface area contributed by atoms with E-state index in [4.69, 9.17) is 4.42 Å². The van der Waals surface area contributed by atoms with Crippen molar-refractivity contribution in [1.29, 1.82) is 0 Å². The van der Waals surface area contributed by atoms with Crippen LogP contribution in [0.2, 0.25) is 0 Å². The highest BCUT2D eigenvalue weighted by molar-refractivity contribution is 9.11. The number of carbonyl (C=O) groups is 1. The molecule has 6 heteroatoms. The lowest BCUT2D eigenvalue weighted by Gasteiger charge is -2.23. The van der Waals surface area contributed by atoms with Gasteiger partial charge in [-0.05, 0) is 61.2 Å². The van der Waals surface area contributed by atoms with Crippen molar-refractivity contribution in [2.24, 2.45) is 0 Å². The summed E-state index contributed by atoms with van der Waals surface area (Å²) in [5.74, 6) is 1.72. The smallest absolute Gasteiger partial charge is 0.264 e. The minimum Gasteiger partial charge on any atom is -0.464 e. The number of hydrogen-bond acceptors (Lipinski definition) is 4. The molecule has 2 aromatic rings. The number of thiophene rings is 1. The van der Waals surface area contributed by atoms with Gasteiger partial charge in [0.15, 0.2) is 0 Å². The zero-order chi connectivity index (χ0) is 15.4. The third-order valence-electron chi connectivity index (χ3n) is 3.03. The Bertz CT molecular complexity index is 606. The molecule has 114 valence electrons. The summed E-state index contributed by atoms with van der Waals surface area (Å²) < 4.78 is 6.56. The van der Waals surface area contributed by atoms with E-state index in [0.717, 1.165) is 26.7 Å². The molecule has 0 unspecified atom stereocenters. The molecule has 2 aromatic heterocycles. The Morgan fingerprint density at radius 2 is 2.00 bits per heavy atom. The lowest BCUT2D eigenvalue weighted by Crippen LogP contribution is -2.35. The minimum atomic E-state index is 0.0432. The Kier molecular flexibility index (Phi) is 5.61. The van der Waals surface area contributed by atoms with Crippen LogP contribution in [0, 0.1) is 6.92 Å². The summed E-state index contributed by atoms with van der Waals surface area (Å²) in [6.07, 6.45) is 0. The molecule has 0 radical (unpaired) electrons. The van der Waals surface area contributed by atoms with Crippen LogP contribution in [0.1, 0.15) is 21.2 Å². The number of amides is 1. The van der Waals surface area contributed by atoms with Gasteiger partial charge in [0.2, 0.25) is 0 Å². The van der Waals surface area contributed by atoms with Crippen molar-refractivity contribution >= 4 is 33.2 Å². The van der Waals surface area contributed by atoms with Gasteiger partial charge in [0.25, 0.3) is 5.91 Å². The molecule has 0 saturated carbocycles. The number of aryl methyl sites for hydroxylation is 1. The fourth-order valence-corrected chi connectivity index (χ4v) is 3.27. The number of halogens is 1. The molecular weight excluding hydrogens is 352 g/mol. The Balaban J connectivity index is 2.12. The SMILES string of the molecule is Cc1ccc(CN(CCN(C)C)C(=O)c2ccc(Br)s2)o1. The van der Waals surface area contributed by atoms with Crippen LogP contribution in [0.5, 0.6) is 0 Å². The first-order valence-electron chi connectivity index (χ1n) is 6.70. The lowest BCUT2D eigenvalue weighted by atomic mass is 10.3. The van der Waals surface area contributed by atoms with Gasteiger partial charge in [-0.3, -0.25) is 4.79 Å². The molecule has 2 rings (SSSR count). The number of likely N-dealkylation sites (N-methyl/N-ethyl adjacent to an activating group) is 1. The molecule has 0 spiro atoms. The Morgan fingerprint density at radius 1 is 1.24 bits per heavy atom. The lowest BCUT2D eigenvalue weighted by molar-refractivity contribution is 0.0724. The summed E-state index contributed by atoms with van der Waals surface area (Å²) in [7, 11) is 4.00. The zero-order valence-corrected chi connectivity index (χ0v) is 14.8. The van der Waals surface area contributed by atoms with E-state index in [9.17, 15) is 4.79 Å². The van der Waals surface area contributed by atoms with Gasteiger partial charge in [-0.1, -0.05) is 0 Å². The highest BCUT2D eigenvalue weighted by Gasteiger charge is 2.19. The molecule has 0 aliphatic rings. The van der Waals surface area contributed by atoms with Crippen LogP contribution in [0.15, 0.2) is 32.5 Å². The van der Waals surface area contributed by atoms with Crippen molar-refractivity contribution in [1.82, 2.24) is 9.80 Å². The van der Waals surface area contributed by atoms with E-state index in [1.165, 1.54) is 11.3 Å². The summed E-state index contributed by atoms with van der Waals surface area (Å²) >= 11 is 4.86. The maximum absolute atomic E-state index is 12.6. The number of rotatable bonds is 6. The molecule has 21 heavy (non-hydrogen) atoms. The van der Waals surface area contributed by atoms with Gasteiger partial charge in [0.05, 0.1) is 15.2 Å². The summed E-state index contributed by atoms with van der Waals surface area (Å²) in [5.41, 5.74) is 0. The maximum atomic E-state index is 12.6. The molecule has 2 heterocycles. The molecule has 0 aliphatic carbocycles. The standard InChI is InChI=1S/C15H19BrN2O2S/c1-11-4-5-12(20-11)10-18(9-8-17(2)3)15(19)13-6-7-14(16)21-13/h4-7H,8-10H2,1-3H3. The zero-order valence-electron chi connectivity index (χ0n) is 12.4. The van der Waals surface area contributed by atoms with E-state index in [1.807, 2.05) is 50.2 Å². The third kappa shape index (κ3) is 4.69. The second kappa shape index (κ2) is 7.24. The first-order valence-corrected chi connectivity index (χ1v) is 8.31. The maximum Gasteiger partial charge on any atom is 0.264 e. The Labute approximate surface area is 137 Å². The van der Waals surface area contributed by atoms with E-state index in [2.05, 4.69) is 20.8 Å². The van der Waals surface area contributed by atoms with E-state index >= 15 is 0 Å². The van der Waals surface area contributed by atoms with Gasteiger partial charge in [0, 0.05) is 13.1 Å². The first kappa shape index (κ1) is 16.3. The van der Waals surface area contributed by atoms with Crippen molar-refractivity contribution in [3.63, 3.8) is 0 Å². The van der Waals surface area contributed by atoms with Gasteiger partial charge < -0.3 is 14.2 Å². The predicted molar refractivity (Wildman–Crippen MR) is 88.8 cm³/mol. The van der Waals surface area contributed by atoms with Gasteiger partial charge in [0.1, 0.15) is 11.5 Å². The molecule has 1 amide bonds. The van der Waals surface area contributed by atoms with Crippen molar-refractivity contribution in [2.45, 2.75) is 13.5 Å². The average molecular weight is 371 g/mol. The fourth-order valence-electron chi connectivity index (χ4n) is 1.92. The molecule has 0 N–H and O–H groups in total. The quantitative estimate of drug-likeness (QED) is 0.778. The van der Waals surface area contributed by atoms with Crippen molar-refractivity contribution < 1.29 is 9.21 Å². The molecule has 0 fully saturated rings. The van der Waals surface area contributed by atoms with Gasteiger partial charge in [-0.2, -0.15) is 0 Å². The van der Waals surface area contributed by atoms with Crippen molar-refractivity contribution in [3.8, 4) is 0 Å². The monoisotopic (exact) mass is 370 g/mol. The largest absolute Gasteiger partial charge is 0.464 e. The summed E-state index contributed by atoms with van der Waals surface area (Å²) in [5, 5.41) is 0. The normalized spacial score (nSPS) is 11.1. The van der Waals surface area contributed by atoms with Crippen LogP contribution >= 0.6 is 27.3 Å². The second-order valence-electron chi connectivity index (χ2n) is 5.15. The van der Waals surface area contributed by atoms with E-state index < -0.39 is 0 Å². The second-order valence-corrected chi connectivity index (χ2v) is 7.61. The first-order chi connectivity index (χ1) is 9.95. The van der Waals surface area contributed by atoms with Crippen LogP contribution in [-0.4, -0.2) is 42.9 Å². The van der Waals surface area contributed by atoms with Gasteiger partial charge >= 0.3 is 0 Å². The summed E-state index contributed by atoms with van der Waals surface area (Å²) in [6, 6.07) is 7.60. The van der Waals surface area contributed by atoms with Crippen LogP contribution in [0.3, 0.4) is 0 Å². The van der Waals surface area contributed by atoms with Crippen molar-refractivity contribution in [2.75, 3.05) is 27.2 Å². The topological polar surface area (TPSA) is 36.7 Å². The fraction of sp³-hybridized carbons (Fsp3) is 0.400. The van der Waals surface area contributed by atoms with Gasteiger partial charge in [-0.25, -0.2) is 0 Å². The molecule has 0 bridgehead atoms. The number of furan rings is 1. The molecular formula is C15H19BrN2O2S. The number of carbonyl (C=O) groups excluding carboxylic acids is 1. The summed E-state index contributed by atoms with van der Waals surface area (Å²) in [4.78, 5) is 17.3. The average Bonchev–Trinajstić information content (AvgIpc) is 3.02. The van der Waals surface area contributed by atoms with Crippen molar-refractivity contribution in [3.05, 3.63) is 44.4 Å². The van der Waals surface area contributed by atoms with E-state index in [1.54, 1.807) is 0 Å². The predicted octanol–water partition coefficient (Wildman–Crippen LogP) is 3.62. The third-order valence-corrected chi connectivity index (χ3v) is 4.64. The highest BCUT2D eigenvalue weighted by Crippen LogP contribution is 2.24. The van der Waals surface area contributed by atoms with Gasteiger partial charge in [-0.15, -0.1) is 11.3 Å². The molecule has 0 atom stereocenters. The van der Waals surface area contributed by atoms with E-state index in [0.29, 0.717) is 13.1 Å². The number of nitrogens with zero attached hydrogens (tertiary/aromatic N) is 2. The Hall–Kier alpha value is -1.11. The molecule has 4 nitrogen and oxygen atoms in total.